The molecule has 0 fully saturated rings. The molecule has 0 saturated carbocycles. The molecule has 0 radical (unpaired) electrons. The molecule has 0 aliphatic carbocycles. The van der Waals surface area contributed by atoms with Gasteiger partial charge in [0.1, 0.15) is 0 Å². The molecule has 0 aliphatic heterocycles. The van der Waals surface area contributed by atoms with Gasteiger partial charge in [-0.3, -0.25) is 4.79 Å². The summed E-state index contributed by atoms with van der Waals surface area (Å²) in [6.45, 7) is 9.65. The first-order chi connectivity index (χ1) is 8.06. The minimum Gasteiger partial charge on any atom is -0.349 e. The zero-order valence-corrected chi connectivity index (χ0v) is 10.8. The molecule has 0 saturated heterocycles. The van der Waals surface area contributed by atoms with Crippen LogP contribution in [0.5, 0.6) is 0 Å². The van der Waals surface area contributed by atoms with Gasteiger partial charge < -0.3 is 5.32 Å². The van der Waals surface area contributed by atoms with Crippen LogP contribution >= 0.6 is 0 Å². The number of nitrogens with one attached hydrogen (secondary N) is 1. The Kier molecular flexibility index (Phi) is 4.95. The Balaban J connectivity index is 2.60. The zero-order chi connectivity index (χ0) is 12.8. The number of carbonyl (C=O) groups excluding carboxylic acids is 1. The summed E-state index contributed by atoms with van der Waals surface area (Å²) in [5.74, 6) is 0.227. The van der Waals surface area contributed by atoms with E-state index in [4.69, 9.17) is 0 Å². The molecular weight excluding hydrogens is 210 g/mol. The first kappa shape index (κ1) is 13.5. The second-order valence-electron chi connectivity index (χ2n) is 4.52. The van der Waals surface area contributed by atoms with Crippen molar-refractivity contribution in [3.63, 3.8) is 0 Å². The molecule has 0 aromatic heterocycles. The molecule has 2 nitrogen and oxygen atoms in total. The van der Waals surface area contributed by atoms with Crippen molar-refractivity contribution in [2.45, 2.75) is 26.8 Å². The Morgan fingerprint density at radius 3 is 2.35 bits per heavy atom. The molecule has 2 heteroatoms. The van der Waals surface area contributed by atoms with Gasteiger partial charge in [0.25, 0.3) is 0 Å². The van der Waals surface area contributed by atoms with E-state index in [2.05, 4.69) is 11.9 Å². The second-order valence-corrected chi connectivity index (χ2v) is 4.52. The number of amides is 1. The molecule has 3 atom stereocenters. The molecule has 1 amide bonds. The summed E-state index contributed by atoms with van der Waals surface area (Å²) in [5, 5.41) is 3.02. The van der Waals surface area contributed by atoms with E-state index in [0.717, 1.165) is 5.56 Å². The van der Waals surface area contributed by atoms with E-state index in [1.165, 1.54) is 0 Å². The van der Waals surface area contributed by atoms with Gasteiger partial charge >= 0.3 is 0 Å². The fraction of sp³-hybridized carbons (Fsp3) is 0.400. The maximum atomic E-state index is 12.0. The number of hydrogen-bond acceptors (Lipinski definition) is 1. The van der Waals surface area contributed by atoms with E-state index in [1.807, 2.05) is 57.2 Å². The van der Waals surface area contributed by atoms with E-state index in [1.54, 1.807) is 0 Å². The molecule has 1 aromatic carbocycles. The number of carbonyl (C=O) groups is 1. The van der Waals surface area contributed by atoms with Crippen LogP contribution < -0.4 is 5.32 Å². The van der Waals surface area contributed by atoms with Crippen LogP contribution in [0.4, 0.5) is 0 Å². The highest BCUT2D eigenvalue weighted by molar-refractivity contribution is 5.79. The Labute approximate surface area is 104 Å². The summed E-state index contributed by atoms with van der Waals surface area (Å²) >= 11 is 0. The average molecular weight is 231 g/mol. The summed E-state index contributed by atoms with van der Waals surface area (Å²) in [6.07, 6.45) is 1.82. The van der Waals surface area contributed by atoms with Crippen molar-refractivity contribution in [3.05, 3.63) is 48.6 Å². The van der Waals surface area contributed by atoms with Crippen molar-refractivity contribution in [2.75, 3.05) is 0 Å². The van der Waals surface area contributed by atoms with Crippen LogP contribution in [0.15, 0.2) is 43.0 Å². The van der Waals surface area contributed by atoms with Crippen LogP contribution in [0, 0.1) is 11.8 Å². The Morgan fingerprint density at radius 2 is 1.82 bits per heavy atom. The minimum atomic E-state index is -0.0429. The van der Waals surface area contributed by atoms with Crippen molar-refractivity contribution in [1.29, 1.82) is 0 Å². The lowest BCUT2D eigenvalue weighted by Crippen LogP contribution is -2.33. The Morgan fingerprint density at radius 1 is 1.24 bits per heavy atom. The number of benzene rings is 1. The number of allylic oxidation sites excluding steroid dienone is 1. The van der Waals surface area contributed by atoms with Gasteiger partial charge in [0.05, 0.1) is 6.04 Å². The van der Waals surface area contributed by atoms with Gasteiger partial charge in [-0.2, -0.15) is 0 Å². The van der Waals surface area contributed by atoms with E-state index in [0.29, 0.717) is 0 Å². The van der Waals surface area contributed by atoms with Crippen LogP contribution in [0.2, 0.25) is 0 Å². The van der Waals surface area contributed by atoms with Crippen molar-refractivity contribution < 1.29 is 4.79 Å². The monoisotopic (exact) mass is 231 g/mol. The molecule has 1 N–H and O–H groups in total. The van der Waals surface area contributed by atoms with Gasteiger partial charge in [-0.1, -0.05) is 50.3 Å². The molecule has 0 unspecified atom stereocenters. The molecule has 1 rings (SSSR count). The molecule has 0 spiro atoms. The molecule has 0 heterocycles. The van der Waals surface area contributed by atoms with Gasteiger partial charge in [0.2, 0.25) is 5.91 Å². The molecule has 17 heavy (non-hydrogen) atoms. The van der Waals surface area contributed by atoms with Gasteiger partial charge in [-0.15, -0.1) is 6.58 Å². The predicted octanol–water partition coefficient (Wildman–Crippen LogP) is 3.32. The van der Waals surface area contributed by atoms with E-state index in [9.17, 15) is 4.79 Å². The van der Waals surface area contributed by atoms with Crippen molar-refractivity contribution in [1.82, 2.24) is 5.32 Å². The van der Waals surface area contributed by atoms with Gasteiger partial charge in [-0.05, 0) is 18.4 Å². The lowest BCUT2D eigenvalue weighted by molar-refractivity contribution is -0.126. The van der Waals surface area contributed by atoms with Crippen molar-refractivity contribution >= 4 is 5.91 Å². The molecule has 0 aliphatic rings. The quantitative estimate of drug-likeness (QED) is 0.774. The van der Waals surface area contributed by atoms with Crippen LogP contribution in [-0.4, -0.2) is 5.91 Å². The average Bonchev–Trinajstić information content (AvgIpc) is 2.37. The fourth-order valence-corrected chi connectivity index (χ4v) is 1.61. The van der Waals surface area contributed by atoms with Gasteiger partial charge in [0, 0.05) is 5.92 Å². The lowest BCUT2D eigenvalue weighted by atomic mass is 9.95. The van der Waals surface area contributed by atoms with Crippen molar-refractivity contribution in [2.24, 2.45) is 11.8 Å². The lowest BCUT2D eigenvalue weighted by Gasteiger charge is -2.20. The first-order valence-corrected chi connectivity index (χ1v) is 6.04. The summed E-state index contributed by atoms with van der Waals surface area (Å²) in [6, 6.07) is 10.0. The van der Waals surface area contributed by atoms with Crippen molar-refractivity contribution in [3.8, 4) is 0 Å². The summed E-state index contributed by atoms with van der Waals surface area (Å²) in [7, 11) is 0. The Hall–Kier alpha value is -1.57. The third-order valence-corrected chi connectivity index (χ3v) is 3.23. The SMILES string of the molecule is C=C[C@@H](C)[C@H](C)C(=O)N[C@@H](C)c1ccccc1. The highest BCUT2D eigenvalue weighted by atomic mass is 16.1. The maximum Gasteiger partial charge on any atom is 0.223 e. The van der Waals surface area contributed by atoms with E-state index in [-0.39, 0.29) is 23.8 Å². The topological polar surface area (TPSA) is 29.1 Å². The maximum absolute atomic E-state index is 12.0. The zero-order valence-electron chi connectivity index (χ0n) is 10.8. The highest BCUT2D eigenvalue weighted by Gasteiger charge is 2.19. The van der Waals surface area contributed by atoms with E-state index >= 15 is 0 Å². The predicted molar refractivity (Wildman–Crippen MR) is 71.5 cm³/mol. The number of hydrogen-bond donors (Lipinski definition) is 1. The number of rotatable bonds is 5. The summed E-state index contributed by atoms with van der Waals surface area (Å²) in [4.78, 5) is 12.0. The largest absolute Gasteiger partial charge is 0.349 e. The third-order valence-electron chi connectivity index (χ3n) is 3.23. The smallest absolute Gasteiger partial charge is 0.223 e. The van der Waals surface area contributed by atoms with Crippen LogP contribution in [0.25, 0.3) is 0 Å². The van der Waals surface area contributed by atoms with Gasteiger partial charge in [-0.25, -0.2) is 0 Å². The summed E-state index contributed by atoms with van der Waals surface area (Å²) in [5.41, 5.74) is 1.12. The molecule has 1 aromatic rings. The fourth-order valence-electron chi connectivity index (χ4n) is 1.61. The standard InChI is InChI=1S/C15H21NO/c1-5-11(2)12(3)15(17)16-13(4)14-9-7-6-8-10-14/h5-13H,1H2,2-4H3,(H,16,17)/t11-,12+,13+/m1/s1. The van der Waals surface area contributed by atoms with Gasteiger partial charge in [0.15, 0.2) is 0 Å². The van der Waals surface area contributed by atoms with Crippen LogP contribution in [0.3, 0.4) is 0 Å². The highest BCUT2D eigenvalue weighted by Crippen LogP contribution is 2.16. The van der Waals surface area contributed by atoms with Crippen LogP contribution in [-0.2, 0) is 4.79 Å². The van der Waals surface area contributed by atoms with Crippen LogP contribution in [0.1, 0.15) is 32.4 Å². The van der Waals surface area contributed by atoms with E-state index < -0.39 is 0 Å². The second kappa shape index (κ2) is 6.24. The Bertz CT molecular complexity index is 372. The summed E-state index contributed by atoms with van der Waals surface area (Å²) < 4.78 is 0. The first-order valence-electron chi connectivity index (χ1n) is 6.04. The molecular formula is C15H21NO. The minimum absolute atomic E-state index is 0.0429. The molecule has 0 bridgehead atoms. The third kappa shape index (κ3) is 3.74. The normalized spacial score (nSPS) is 15.7. The molecule has 92 valence electrons.